The zero-order valence-corrected chi connectivity index (χ0v) is 46.8. The van der Waals surface area contributed by atoms with Gasteiger partial charge in [-0.15, -0.1) is 0 Å². The van der Waals surface area contributed by atoms with Crippen LogP contribution < -0.4 is 0 Å². The van der Waals surface area contributed by atoms with Gasteiger partial charge in [-0.3, -0.25) is 14.4 Å². The summed E-state index contributed by atoms with van der Waals surface area (Å²) in [7, 11) is 0. The van der Waals surface area contributed by atoms with Gasteiger partial charge in [-0.1, -0.05) is 102 Å². The molecule has 6 nitrogen and oxygen atoms in total. The van der Waals surface area contributed by atoms with Crippen molar-refractivity contribution in [3.05, 3.63) is 0 Å². The molecule has 0 aliphatic heterocycles. The minimum atomic E-state index is -0.364. The minimum Gasteiger partial charge on any atom is -0.459 e. The molecule has 0 N–H and O–H groups in total. The monoisotopic (exact) mass is 953 g/mol. The first kappa shape index (κ1) is 59.0. The van der Waals surface area contributed by atoms with E-state index in [1.807, 2.05) is 41.5 Å². The Morgan fingerprint density at radius 1 is 0.426 bits per heavy atom. The highest BCUT2D eigenvalue weighted by Gasteiger charge is 2.61. The first-order valence-electron chi connectivity index (χ1n) is 29.1. The van der Waals surface area contributed by atoms with Gasteiger partial charge in [0.25, 0.3) is 0 Å². The van der Waals surface area contributed by atoms with Crippen LogP contribution in [0.5, 0.6) is 0 Å². The summed E-state index contributed by atoms with van der Waals surface area (Å²) in [6.45, 7) is 31.6. The van der Waals surface area contributed by atoms with Crippen LogP contribution >= 0.6 is 0 Å². The molecule has 0 atom stereocenters. The average Bonchev–Trinajstić information content (AvgIpc) is 3.29. The van der Waals surface area contributed by atoms with Gasteiger partial charge in [-0.25, -0.2) is 0 Å². The van der Waals surface area contributed by atoms with Crippen molar-refractivity contribution in [3.8, 4) is 0 Å². The quantitative estimate of drug-likeness (QED) is 0.0894. The van der Waals surface area contributed by atoms with Gasteiger partial charge in [0.15, 0.2) is 0 Å². The number of rotatable bonds is 20. The van der Waals surface area contributed by atoms with Crippen LogP contribution in [0.2, 0.25) is 0 Å². The van der Waals surface area contributed by atoms with E-state index >= 15 is 0 Å². The number of ether oxygens (including phenoxy) is 3. The molecule has 9 saturated carbocycles. The van der Waals surface area contributed by atoms with Gasteiger partial charge in [0.2, 0.25) is 0 Å². The molecule has 0 aromatic heterocycles. The minimum absolute atomic E-state index is 0. The first-order chi connectivity index (χ1) is 31.4. The maximum absolute atomic E-state index is 12.9. The van der Waals surface area contributed by atoms with Gasteiger partial charge in [-0.2, -0.15) is 0 Å². The van der Waals surface area contributed by atoms with Crippen LogP contribution in [0.1, 0.15) is 291 Å². The van der Waals surface area contributed by atoms with Crippen LogP contribution in [-0.4, -0.2) is 34.7 Å². The molecule has 0 spiro atoms. The van der Waals surface area contributed by atoms with E-state index in [-0.39, 0.29) is 63.8 Å². The zero-order chi connectivity index (χ0) is 49.7. The molecule has 0 saturated heterocycles. The van der Waals surface area contributed by atoms with E-state index in [0.717, 1.165) is 112 Å². The summed E-state index contributed by atoms with van der Waals surface area (Å²) in [5.74, 6) is 6.37. The van der Waals surface area contributed by atoms with Crippen molar-refractivity contribution in [2.75, 3.05) is 0 Å². The van der Waals surface area contributed by atoms with E-state index in [9.17, 15) is 14.4 Å². The topological polar surface area (TPSA) is 78.9 Å². The van der Waals surface area contributed by atoms with E-state index in [0.29, 0.717) is 5.41 Å². The van der Waals surface area contributed by atoms with Crippen molar-refractivity contribution in [1.82, 2.24) is 0 Å². The van der Waals surface area contributed by atoms with Gasteiger partial charge in [0.05, 0.1) is 16.2 Å². The van der Waals surface area contributed by atoms with Crippen molar-refractivity contribution in [1.29, 1.82) is 0 Å². The second-order valence-electron chi connectivity index (χ2n) is 26.9. The molecule has 0 unspecified atom stereocenters. The molecule has 9 aliphatic rings. The van der Waals surface area contributed by atoms with Gasteiger partial charge in [0.1, 0.15) is 16.8 Å². The highest BCUT2D eigenvalue weighted by atomic mass is 16.6. The molecular weight excluding hydrogens is 841 g/mol. The molecule has 6 heteroatoms. The van der Waals surface area contributed by atoms with E-state index < -0.39 is 0 Å². The summed E-state index contributed by atoms with van der Waals surface area (Å²) in [5.41, 5.74) is -1.05. The fraction of sp³-hybridized carbons (Fsp3) is 0.952. The van der Waals surface area contributed by atoms with Crippen molar-refractivity contribution in [2.24, 2.45) is 68.5 Å². The van der Waals surface area contributed by atoms with E-state index in [1.165, 1.54) is 109 Å². The summed E-state index contributed by atoms with van der Waals surface area (Å²) in [6, 6.07) is 0. The smallest absolute Gasteiger partial charge is 0.312 e. The highest BCUT2D eigenvalue weighted by Crippen LogP contribution is 2.66. The fourth-order valence-electron chi connectivity index (χ4n) is 15.9. The maximum Gasteiger partial charge on any atom is 0.312 e. The fourth-order valence-corrected chi connectivity index (χ4v) is 15.9. The first-order valence-corrected chi connectivity index (χ1v) is 29.1. The number of carbonyl (C=O) groups is 3. The van der Waals surface area contributed by atoms with E-state index in [1.54, 1.807) is 0 Å². The Balaban J connectivity index is 0.000000222. The zero-order valence-electron chi connectivity index (χ0n) is 46.8. The standard InChI is InChI=1S/C22H38O2.C21H36O2.C18H34O2.CH4/c1-6-20(4,5)19(23)24-22(7-2,8-3)15-21-12-16-9-17(13-21)11-18(10-16)14-21;1-6-19(4,5)18(22)23-21(7-2,8-3)20-12-15-9-16(13-20)11-17(10-15)14-20;1-6-17(4,5)16(19)20-18(7-2,8-3)14-15-12-10-9-11-13-15;/h16-18H,6-15H2,1-5H3;15-17H,6-14H2,1-5H3;15H,6-14H2,1-5H3;1H4. The van der Waals surface area contributed by atoms with Crippen LogP contribution in [0.25, 0.3) is 0 Å². The lowest BCUT2D eigenvalue weighted by Crippen LogP contribution is -2.60. The van der Waals surface area contributed by atoms with Crippen molar-refractivity contribution < 1.29 is 28.6 Å². The third-order valence-electron chi connectivity index (χ3n) is 21.2. The van der Waals surface area contributed by atoms with E-state index in [2.05, 4.69) is 62.3 Å². The van der Waals surface area contributed by atoms with E-state index in [4.69, 9.17) is 14.2 Å². The molecule has 68 heavy (non-hydrogen) atoms. The van der Waals surface area contributed by atoms with Crippen molar-refractivity contribution >= 4 is 17.9 Å². The predicted octanol–water partition coefficient (Wildman–Crippen LogP) is 18.0. The number of carbonyl (C=O) groups excluding carboxylic acids is 3. The third kappa shape index (κ3) is 13.1. The molecule has 0 aromatic carbocycles. The largest absolute Gasteiger partial charge is 0.459 e. The molecule has 0 heterocycles. The van der Waals surface area contributed by atoms with Crippen LogP contribution in [0.15, 0.2) is 0 Å². The molecule has 8 bridgehead atoms. The lowest BCUT2D eigenvalue weighted by atomic mass is 9.44. The Morgan fingerprint density at radius 2 is 0.750 bits per heavy atom. The summed E-state index contributed by atoms with van der Waals surface area (Å²) in [5, 5.41) is 0. The molecule has 9 fully saturated rings. The Kier molecular flexibility index (Phi) is 20.4. The Labute approximate surface area is 421 Å². The second-order valence-corrected chi connectivity index (χ2v) is 26.9. The van der Waals surface area contributed by atoms with Crippen LogP contribution in [0.4, 0.5) is 0 Å². The molecule has 9 rings (SSSR count). The third-order valence-corrected chi connectivity index (χ3v) is 21.2. The number of hydrogen-bond donors (Lipinski definition) is 0. The second kappa shape index (κ2) is 23.5. The lowest BCUT2D eigenvalue weighted by molar-refractivity contribution is -0.219. The number of hydrogen-bond acceptors (Lipinski definition) is 6. The van der Waals surface area contributed by atoms with Gasteiger partial charge in [-0.05, 0) is 236 Å². The van der Waals surface area contributed by atoms with Gasteiger partial charge < -0.3 is 14.2 Å². The Hall–Kier alpha value is -1.59. The number of esters is 3. The molecule has 9 aliphatic carbocycles. The van der Waals surface area contributed by atoms with Gasteiger partial charge >= 0.3 is 17.9 Å². The molecule has 0 amide bonds. The van der Waals surface area contributed by atoms with Crippen molar-refractivity contribution in [2.45, 2.75) is 308 Å². The Morgan fingerprint density at radius 3 is 1.07 bits per heavy atom. The molecule has 0 radical (unpaired) electrons. The van der Waals surface area contributed by atoms with Gasteiger partial charge in [0, 0.05) is 5.41 Å². The van der Waals surface area contributed by atoms with Crippen LogP contribution in [0.3, 0.4) is 0 Å². The SMILES string of the molecule is C.CCC(C)(C)C(=O)OC(CC)(CC)C12CC3CC(CC(C3)C1)C2.CCC(CC)(CC12CC3CC(CC(C3)C1)C2)OC(=O)C(C)(C)CC.CCC(CC)(CC1CCCCC1)OC(=O)C(C)(C)CC. The maximum atomic E-state index is 12.9. The average molecular weight is 954 g/mol. The van der Waals surface area contributed by atoms with Crippen LogP contribution in [-0.2, 0) is 28.6 Å². The lowest BCUT2D eigenvalue weighted by Gasteiger charge is -2.63. The molecule has 0 aromatic rings. The summed E-state index contributed by atoms with van der Waals surface area (Å²) in [4.78, 5) is 38.1. The summed E-state index contributed by atoms with van der Waals surface area (Å²) in [6.07, 6.45) is 34.0. The van der Waals surface area contributed by atoms with Crippen molar-refractivity contribution in [3.63, 3.8) is 0 Å². The summed E-state index contributed by atoms with van der Waals surface area (Å²) < 4.78 is 18.8. The molecule has 396 valence electrons. The summed E-state index contributed by atoms with van der Waals surface area (Å²) >= 11 is 0. The predicted molar refractivity (Wildman–Crippen MR) is 284 cm³/mol. The Bertz CT molecular complexity index is 1530. The normalized spacial score (nSPS) is 30.0. The van der Waals surface area contributed by atoms with Crippen LogP contribution in [0, 0.1) is 68.5 Å². The molecular formula is C62H112O6. The highest BCUT2D eigenvalue weighted by molar-refractivity contribution is 5.77.